The van der Waals surface area contributed by atoms with Crippen molar-refractivity contribution in [3.05, 3.63) is 35.9 Å². The molecule has 1 N–H and O–H groups in total. The lowest BCUT2D eigenvalue weighted by atomic mass is 9.96. The van der Waals surface area contributed by atoms with Crippen molar-refractivity contribution in [1.82, 2.24) is 5.32 Å². The number of hydrogen-bond acceptors (Lipinski definition) is 2. The lowest BCUT2D eigenvalue weighted by Gasteiger charge is -2.19. The fraction of sp³-hybridized carbons (Fsp3) is 0.684. The maximum Gasteiger partial charge on any atom is 0.0472 e. The SMILES string of the molecule is CC(C)CCOCCC(CNCC(C)C)c1ccccc1. The van der Waals surface area contributed by atoms with Crippen molar-refractivity contribution in [2.75, 3.05) is 26.3 Å². The van der Waals surface area contributed by atoms with E-state index >= 15 is 0 Å². The van der Waals surface area contributed by atoms with Crippen LogP contribution in [0, 0.1) is 11.8 Å². The van der Waals surface area contributed by atoms with Gasteiger partial charge in [0.25, 0.3) is 0 Å². The Hall–Kier alpha value is -0.860. The van der Waals surface area contributed by atoms with E-state index in [2.05, 4.69) is 63.3 Å². The molecule has 2 nitrogen and oxygen atoms in total. The average Bonchev–Trinajstić information content (AvgIpc) is 2.45. The summed E-state index contributed by atoms with van der Waals surface area (Å²) < 4.78 is 5.80. The molecule has 120 valence electrons. The maximum atomic E-state index is 5.80. The second kappa shape index (κ2) is 10.8. The van der Waals surface area contributed by atoms with Gasteiger partial charge in [0.2, 0.25) is 0 Å². The first-order chi connectivity index (χ1) is 10.1. The van der Waals surface area contributed by atoms with E-state index < -0.39 is 0 Å². The molecule has 1 aromatic rings. The van der Waals surface area contributed by atoms with Crippen molar-refractivity contribution >= 4 is 0 Å². The zero-order chi connectivity index (χ0) is 15.5. The van der Waals surface area contributed by atoms with E-state index in [1.807, 2.05) is 0 Å². The fourth-order valence-corrected chi connectivity index (χ4v) is 2.30. The van der Waals surface area contributed by atoms with Gasteiger partial charge in [-0.25, -0.2) is 0 Å². The molecule has 0 radical (unpaired) electrons. The molecule has 0 aliphatic rings. The van der Waals surface area contributed by atoms with Gasteiger partial charge in [-0.05, 0) is 42.7 Å². The first-order valence-electron chi connectivity index (χ1n) is 8.43. The third-order valence-corrected chi connectivity index (χ3v) is 3.66. The van der Waals surface area contributed by atoms with Gasteiger partial charge in [-0.3, -0.25) is 0 Å². The molecule has 0 bridgehead atoms. The summed E-state index contributed by atoms with van der Waals surface area (Å²) in [5, 5.41) is 3.59. The lowest BCUT2D eigenvalue weighted by molar-refractivity contribution is 0.116. The standard InChI is InChI=1S/C19H33NO/c1-16(2)10-12-21-13-11-19(15-20-14-17(3)4)18-8-6-5-7-9-18/h5-9,16-17,19-20H,10-15H2,1-4H3. The second-order valence-electron chi connectivity index (χ2n) is 6.74. The Morgan fingerprint density at radius 3 is 2.14 bits per heavy atom. The largest absolute Gasteiger partial charge is 0.381 e. The highest BCUT2D eigenvalue weighted by atomic mass is 16.5. The zero-order valence-corrected chi connectivity index (χ0v) is 14.3. The van der Waals surface area contributed by atoms with E-state index in [0.717, 1.165) is 45.1 Å². The van der Waals surface area contributed by atoms with Crippen molar-refractivity contribution in [3.8, 4) is 0 Å². The van der Waals surface area contributed by atoms with Crippen LogP contribution in [0.15, 0.2) is 30.3 Å². The van der Waals surface area contributed by atoms with Crippen LogP contribution in [0.3, 0.4) is 0 Å². The Morgan fingerprint density at radius 1 is 0.857 bits per heavy atom. The van der Waals surface area contributed by atoms with Gasteiger partial charge in [-0.1, -0.05) is 58.0 Å². The topological polar surface area (TPSA) is 21.3 Å². The second-order valence-corrected chi connectivity index (χ2v) is 6.74. The molecule has 1 aromatic carbocycles. The van der Waals surface area contributed by atoms with Crippen LogP contribution in [0.5, 0.6) is 0 Å². The van der Waals surface area contributed by atoms with Crippen LogP contribution in [-0.2, 0) is 4.74 Å². The first kappa shape index (κ1) is 18.2. The van der Waals surface area contributed by atoms with E-state index in [0.29, 0.717) is 11.8 Å². The number of nitrogens with one attached hydrogen (secondary N) is 1. The van der Waals surface area contributed by atoms with Crippen molar-refractivity contribution < 1.29 is 4.74 Å². The van der Waals surface area contributed by atoms with Crippen LogP contribution in [0.4, 0.5) is 0 Å². The number of hydrogen-bond donors (Lipinski definition) is 1. The van der Waals surface area contributed by atoms with Crippen LogP contribution >= 0.6 is 0 Å². The molecular weight excluding hydrogens is 258 g/mol. The predicted molar refractivity (Wildman–Crippen MR) is 91.8 cm³/mol. The molecule has 0 aliphatic heterocycles. The van der Waals surface area contributed by atoms with Crippen LogP contribution in [0.1, 0.15) is 52.0 Å². The molecule has 0 amide bonds. The van der Waals surface area contributed by atoms with Crippen molar-refractivity contribution in [1.29, 1.82) is 0 Å². The minimum Gasteiger partial charge on any atom is -0.381 e. The van der Waals surface area contributed by atoms with Gasteiger partial charge in [0.1, 0.15) is 0 Å². The normalized spacial score (nSPS) is 13.0. The summed E-state index contributed by atoms with van der Waals surface area (Å²) in [7, 11) is 0. The predicted octanol–water partition coefficient (Wildman–Crippen LogP) is 4.47. The third kappa shape index (κ3) is 8.90. The van der Waals surface area contributed by atoms with Gasteiger partial charge in [-0.15, -0.1) is 0 Å². The van der Waals surface area contributed by atoms with E-state index in [-0.39, 0.29) is 0 Å². The number of benzene rings is 1. The molecule has 0 aromatic heterocycles. The molecule has 1 atom stereocenters. The Morgan fingerprint density at radius 2 is 1.52 bits per heavy atom. The first-order valence-corrected chi connectivity index (χ1v) is 8.43. The Bertz CT molecular complexity index is 348. The smallest absolute Gasteiger partial charge is 0.0472 e. The highest BCUT2D eigenvalue weighted by Gasteiger charge is 2.11. The molecule has 2 heteroatoms. The minimum absolute atomic E-state index is 0.545. The summed E-state index contributed by atoms with van der Waals surface area (Å²) in [6.45, 7) is 12.8. The zero-order valence-electron chi connectivity index (χ0n) is 14.3. The van der Waals surface area contributed by atoms with Gasteiger partial charge < -0.3 is 10.1 Å². The highest BCUT2D eigenvalue weighted by molar-refractivity contribution is 5.19. The quantitative estimate of drug-likeness (QED) is 0.607. The molecule has 0 saturated carbocycles. The van der Waals surface area contributed by atoms with Crippen LogP contribution in [0.25, 0.3) is 0 Å². The van der Waals surface area contributed by atoms with E-state index in [1.165, 1.54) is 5.56 Å². The van der Waals surface area contributed by atoms with Gasteiger partial charge in [0.15, 0.2) is 0 Å². The summed E-state index contributed by atoms with van der Waals surface area (Å²) in [5.41, 5.74) is 1.42. The lowest BCUT2D eigenvalue weighted by Crippen LogP contribution is -2.26. The van der Waals surface area contributed by atoms with E-state index in [1.54, 1.807) is 0 Å². The molecule has 0 heterocycles. The van der Waals surface area contributed by atoms with Crippen LogP contribution < -0.4 is 5.32 Å². The number of ether oxygens (including phenoxy) is 1. The van der Waals surface area contributed by atoms with Crippen molar-refractivity contribution in [2.45, 2.75) is 46.5 Å². The van der Waals surface area contributed by atoms with E-state index in [4.69, 9.17) is 4.74 Å². The molecule has 0 spiro atoms. The molecule has 0 aliphatic carbocycles. The summed E-state index contributed by atoms with van der Waals surface area (Å²) in [6, 6.07) is 10.8. The highest BCUT2D eigenvalue weighted by Crippen LogP contribution is 2.19. The summed E-state index contributed by atoms with van der Waals surface area (Å²) in [6.07, 6.45) is 2.24. The van der Waals surface area contributed by atoms with Crippen molar-refractivity contribution in [2.24, 2.45) is 11.8 Å². The average molecular weight is 291 g/mol. The van der Waals surface area contributed by atoms with Crippen LogP contribution in [0.2, 0.25) is 0 Å². The molecule has 21 heavy (non-hydrogen) atoms. The van der Waals surface area contributed by atoms with Crippen molar-refractivity contribution in [3.63, 3.8) is 0 Å². The third-order valence-electron chi connectivity index (χ3n) is 3.66. The van der Waals surface area contributed by atoms with Gasteiger partial charge in [0.05, 0.1) is 0 Å². The molecule has 0 saturated heterocycles. The Kier molecular flexibility index (Phi) is 9.36. The van der Waals surface area contributed by atoms with Crippen LogP contribution in [-0.4, -0.2) is 26.3 Å². The molecule has 0 fully saturated rings. The monoisotopic (exact) mass is 291 g/mol. The summed E-state index contributed by atoms with van der Waals surface area (Å²) in [4.78, 5) is 0. The van der Waals surface area contributed by atoms with E-state index in [9.17, 15) is 0 Å². The fourth-order valence-electron chi connectivity index (χ4n) is 2.30. The summed E-state index contributed by atoms with van der Waals surface area (Å²) >= 11 is 0. The van der Waals surface area contributed by atoms with Gasteiger partial charge in [-0.2, -0.15) is 0 Å². The molecule has 1 unspecified atom stereocenters. The van der Waals surface area contributed by atoms with Gasteiger partial charge >= 0.3 is 0 Å². The Labute approximate surface area is 131 Å². The summed E-state index contributed by atoms with van der Waals surface area (Å²) in [5.74, 6) is 1.97. The van der Waals surface area contributed by atoms with Gasteiger partial charge in [0, 0.05) is 19.8 Å². The number of rotatable bonds is 11. The Balaban J connectivity index is 2.37. The molecular formula is C19H33NO. The minimum atomic E-state index is 0.545. The molecule has 1 rings (SSSR count). The maximum absolute atomic E-state index is 5.80.